The van der Waals surface area contributed by atoms with Gasteiger partial charge in [-0.25, -0.2) is 9.67 Å². The van der Waals surface area contributed by atoms with Crippen LogP contribution in [-0.2, 0) is 13.1 Å². The molecule has 0 atom stereocenters. The highest BCUT2D eigenvalue weighted by atomic mass is 15.3. The summed E-state index contributed by atoms with van der Waals surface area (Å²) in [5, 5.41) is 7.44. The Bertz CT molecular complexity index is 632. The van der Waals surface area contributed by atoms with Gasteiger partial charge in [0.2, 0.25) is 0 Å². The highest BCUT2D eigenvalue weighted by molar-refractivity contribution is 5.44. The van der Waals surface area contributed by atoms with Crippen molar-refractivity contribution in [1.82, 2.24) is 19.7 Å². The summed E-state index contributed by atoms with van der Waals surface area (Å²) < 4.78 is 1.80. The molecule has 0 saturated heterocycles. The van der Waals surface area contributed by atoms with E-state index in [-0.39, 0.29) is 0 Å². The summed E-state index contributed by atoms with van der Waals surface area (Å²) in [7, 11) is 0. The van der Waals surface area contributed by atoms with Crippen LogP contribution in [0.3, 0.4) is 0 Å². The molecule has 0 aliphatic rings. The SMILES string of the molecule is c1ccc(CNc2ccc(Cn3cncn3)cc2)nc1. The summed E-state index contributed by atoms with van der Waals surface area (Å²) in [6.07, 6.45) is 5.06. The number of nitrogens with zero attached hydrogens (tertiary/aromatic N) is 4. The number of benzene rings is 1. The number of rotatable bonds is 5. The Morgan fingerprint density at radius 3 is 2.65 bits per heavy atom. The summed E-state index contributed by atoms with van der Waals surface area (Å²) in [6, 6.07) is 14.2. The Balaban J connectivity index is 1.59. The van der Waals surface area contributed by atoms with Gasteiger partial charge in [-0.2, -0.15) is 5.10 Å². The first-order chi connectivity index (χ1) is 9.90. The Morgan fingerprint density at radius 2 is 1.95 bits per heavy atom. The molecule has 0 aliphatic heterocycles. The lowest BCUT2D eigenvalue weighted by molar-refractivity contribution is 0.685. The summed E-state index contributed by atoms with van der Waals surface area (Å²) >= 11 is 0. The van der Waals surface area contributed by atoms with Gasteiger partial charge in [-0.3, -0.25) is 4.98 Å². The molecule has 0 unspecified atom stereocenters. The van der Waals surface area contributed by atoms with Gasteiger partial charge >= 0.3 is 0 Å². The van der Waals surface area contributed by atoms with Crippen LogP contribution in [0, 0.1) is 0 Å². The van der Waals surface area contributed by atoms with E-state index in [0.717, 1.165) is 24.5 Å². The lowest BCUT2D eigenvalue weighted by atomic mass is 10.2. The fraction of sp³-hybridized carbons (Fsp3) is 0.133. The van der Waals surface area contributed by atoms with Crippen LogP contribution in [0.25, 0.3) is 0 Å². The predicted octanol–water partition coefficient (Wildman–Crippen LogP) is 2.33. The van der Waals surface area contributed by atoms with E-state index in [4.69, 9.17) is 0 Å². The van der Waals surface area contributed by atoms with Crippen molar-refractivity contribution < 1.29 is 0 Å². The van der Waals surface area contributed by atoms with E-state index in [1.54, 1.807) is 23.5 Å². The highest BCUT2D eigenvalue weighted by Gasteiger charge is 1.97. The van der Waals surface area contributed by atoms with Crippen molar-refractivity contribution in [3.63, 3.8) is 0 Å². The average Bonchev–Trinajstić information content (AvgIpc) is 3.01. The Kier molecular flexibility index (Phi) is 3.68. The number of hydrogen-bond acceptors (Lipinski definition) is 4. The fourth-order valence-electron chi connectivity index (χ4n) is 1.92. The van der Waals surface area contributed by atoms with Crippen LogP contribution in [0.15, 0.2) is 61.3 Å². The second-order valence-electron chi connectivity index (χ2n) is 4.46. The molecule has 20 heavy (non-hydrogen) atoms. The van der Waals surface area contributed by atoms with Crippen molar-refractivity contribution >= 4 is 5.69 Å². The molecule has 2 aromatic heterocycles. The molecular weight excluding hydrogens is 250 g/mol. The zero-order valence-electron chi connectivity index (χ0n) is 11.0. The third-order valence-corrected chi connectivity index (χ3v) is 2.96. The Labute approximate surface area is 117 Å². The maximum Gasteiger partial charge on any atom is 0.137 e. The van der Waals surface area contributed by atoms with Crippen LogP contribution in [0.5, 0.6) is 0 Å². The van der Waals surface area contributed by atoms with Crippen LogP contribution in [0.2, 0.25) is 0 Å². The molecule has 5 heteroatoms. The zero-order chi connectivity index (χ0) is 13.6. The molecule has 100 valence electrons. The average molecular weight is 265 g/mol. The summed E-state index contributed by atoms with van der Waals surface area (Å²) in [5.74, 6) is 0. The van der Waals surface area contributed by atoms with Crippen LogP contribution < -0.4 is 5.32 Å². The highest BCUT2D eigenvalue weighted by Crippen LogP contribution is 2.11. The zero-order valence-corrected chi connectivity index (χ0v) is 11.0. The lowest BCUT2D eigenvalue weighted by Crippen LogP contribution is -2.02. The van der Waals surface area contributed by atoms with Gasteiger partial charge in [-0.05, 0) is 29.8 Å². The minimum absolute atomic E-state index is 0.725. The topological polar surface area (TPSA) is 55.6 Å². The third kappa shape index (κ3) is 3.20. The number of hydrogen-bond donors (Lipinski definition) is 1. The normalized spacial score (nSPS) is 10.4. The van der Waals surface area contributed by atoms with E-state index in [0.29, 0.717) is 0 Å². The van der Waals surface area contributed by atoms with Crippen LogP contribution >= 0.6 is 0 Å². The van der Waals surface area contributed by atoms with Gasteiger partial charge in [0.05, 0.1) is 18.8 Å². The molecule has 1 aromatic carbocycles. The van der Waals surface area contributed by atoms with Crippen molar-refractivity contribution in [3.05, 3.63) is 72.6 Å². The number of nitrogens with one attached hydrogen (secondary N) is 1. The molecular formula is C15H15N5. The quantitative estimate of drug-likeness (QED) is 0.769. The minimum atomic E-state index is 0.725. The first-order valence-electron chi connectivity index (χ1n) is 6.45. The number of anilines is 1. The maximum absolute atomic E-state index is 4.28. The maximum atomic E-state index is 4.28. The van der Waals surface area contributed by atoms with E-state index in [1.165, 1.54) is 5.56 Å². The molecule has 3 rings (SSSR count). The fourth-order valence-corrected chi connectivity index (χ4v) is 1.92. The Morgan fingerprint density at radius 1 is 1.05 bits per heavy atom. The van der Waals surface area contributed by atoms with Crippen molar-refractivity contribution in [1.29, 1.82) is 0 Å². The van der Waals surface area contributed by atoms with Crippen molar-refractivity contribution in [2.24, 2.45) is 0 Å². The summed E-state index contributed by atoms with van der Waals surface area (Å²) in [5.41, 5.74) is 3.30. The molecule has 0 radical (unpaired) electrons. The van der Waals surface area contributed by atoms with E-state index < -0.39 is 0 Å². The van der Waals surface area contributed by atoms with Gasteiger partial charge in [-0.1, -0.05) is 18.2 Å². The molecule has 0 saturated carbocycles. The summed E-state index contributed by atoms with van der Waals surface area (Å²) in [6.45, 7) is 1.46. The van der Waals surface area contributed by atoms with E-state index in [1.807, 2.05) is 18.2 Å². The van der Waals surface area contributed by atoms with Crippen molar-refractivity contribution in [2.45, 2.75) is 13.1 Å². The van der Waals surface area contributed by atoms with Crippen LogP contribution in [-0.4, -0.2) is 19.7 Å². The first-order valence-corrected chi connectivity index (χ1v) is 6.45. The molecule has 0 aliphatic carbocycles. The van der Waals surface area contributed by atoms with Gasteiger partial charge in [0, 0.05) is 11.9 Å². The van der Waals surface area contributed by atoms with Gasteiger partial charge < -0.3 is 5.32 Å². The van der Waals surface area contributed by atoms with Crippen LogP contribution in [0.1, 0.15) is 11.3 Å². The third-order valence-electron chi connectivity index (χ3n) is 2.96. The smallest absolute Gasteiger partial charge is 0.137 e. The van der Waals surface area contributed by atoms with Crippen molar-refractivity contribution in [3.8, 4) is 0 Å². The number of aromatic nitrogens is 4. The van der Waals surface area contributed by atoms with Crippen molar-refractivity contribution in [2.75, 3.05) is 5.32 Å². The molecule has 5 nitrogen and oxygen atoms in total. The largest absolute Gasteiger partial charge is 0.379 e. The number of pyridine rings is 1. The van der Waals surface area contributed by atoms with Gasteiger partial charge in [0.1, 0.15) is 12.7 Å². The minimum Gasteiger partial charge on any atom is -0.379 e. The lowest BCUT2D eigenvalue weighted by Gasteiger charge is -2.07. The molecule has 0 fully saturated rings. The second kappa shape index (κ2) is 5.97. The van der Waals surface area contributed by atoms with Gasteiger partial charge in [-0.15, -0.1) is 0 Å². The molecule has 1 N–H and O–H groups in total. The molecule has 0 spiro atoms. The Hall–Kier alpha value is -2.69. The predicted molar refractivity (Wildman–Crippen MR) is 77.1 cm³/mol. The molecule has 0 amide bonds. The first kappa shape index (κ1) is 12.3. The standard InChI is InChI=1S/C15H15N5/c1-2-8-17-15(3-1)9-18-14-6-4-13(5-7-14)10-20-12-16-11-19-20/h1-8,11-12,18H,9-10H2. The van der Waals surface area contributed by atoms with E-state index >= 15 is 0 Å². The van der Waals surface area contributed by atoms with E-state index in [9.17, 15) is 0 Å². The molecule has 3 aromatic rings. The molecule has 2 heterocycles. The van der Waals surface area contributed by atoms with E-state index in [2.05, 4.69) is 44.6 Å². The molecule has 0 bridgehead atoms. The van der Waals surface area contributed by atoms with Crippen LogP contribution in [0.4, 0.5) is 5.69 Å². The van der Waals surface area contributed by atoms with Gasteiger partial charge in [0.15, 0.2) is 0 Å². The summed E-state index contributed by atoms with van der Waals surface area (Å²) in [4.78, 5) is 8.21. The monoisotopic (exact) mass is 265 g/mol. The van der Waals surface area contributed by atoms with Gasteiger partial charge in [0.25, 0.3) is 0 Å². The second-order valence-corrected chi connectivity index (χ2v) is 4.46.